The molecule has 150 valence electrons. The lowest BCUT2D eigenvalue weighted by Crippen LogP contribution is -2.39. The third-order valence-corrected chi connectivity index (χ3v) is 5.60. The number of hydrogen-bond donors (Lipinski definition) is 2. The number of aryl methyl sites for hydroxylation is 2. The average Bonchev–Trinajstić information content (AvgIpc) is 2.71. The lowest BCUT2D eigenvalue weighted by Gasteiger charge is -2.23. The fraction of sp³-hybridized carbons (Fsp3) is 0.348. The average molecular weight is 390 g/mol. The number of amides is 2. The molecule has 3 aromatic rings. The van der Waals surface area contributed by atoms with Crippen molar-refractivity contribution in [3.63, 3.8) is 0 Å². The number of urea groups is 1. The Bertz CT molecular complexity index is 1110. The Balaban J connectivity index is 1.58. The van der Waals surface area contributed by atoms with Crippen LogP contribution in [0.4, 0.5) is 10.5 Å². The number of aromatic nitrogens is 2. The van der Waals surface area contributed by atoms with E-state index in [1.54, 1.807) is 10.6 Å². The van der Waals surface area contributed by atoms with Crippen LogP contribution in [-0.2, 0) is 0 Å². The summed E-state index contributed by atoms with van der Waals surface area (Å²) in [6.07, 6.45) is 5.69. The van der Waals surface area contributed by atoms with E-state index < -0.39 is 0 Å². The van der Waals surface area contributed by atoms with Gasteiger partial charge in [0.1, 0.15) is 5.82 Å². The molecule has 6 heteroatoms. The Morgan fingerprint density at radius 1 is 1.07 bits per heavy atom. The monoisotopic (exact) mass is 390 g/mol. The number of nitrogens with one attached hydrogen (secondary N) is 2. The third-order valence-electron chi connectivity index (χ3n) is 5.60. The fourth-order valence-corrected chi connectivity index (χ4v) is 4.07. The van der Waals surface area contributed by atoms with Crippen molar-refractivity contribution in [3.8, 4) is 5.69 Å². The van der Waals surface area contributed by atoms with Crippen LogP contribution >= 0.6 is 0 Å². The second kappa shape index (κ2) is 8.07. The second-order valence-corrected chi connectivity index (χ2v) is 7.75. The predicted molar refractivity (Wildman–Crippen MR) is 116 cm³/mol. The summed E-state index contributed by atoms with van der Waals surface area (Å²) in [6.45, 7) is 3.75. The smallest absolute Gasteiger partial charge is 0.319 e. The van der Waals surface area contributed by atoms with E-state index in [4.69, 9.17) is 0 Å². The number of benzene rings is 2. The van der Waals surface area contributed by atoms with Crippen LogP contribution in [0.25, 0.3) is 16.6 Å². The number of rotatable bonds is 3. The summed E-state index contributed by atoms with van der Waals surface area (Å²) < 4.78 is 1.61. The Morgan fingerprint density at radius 2 is 1.83 bits per heavy atom. The van der Waals surface area contributed by atoms with Crippen LogP contribution in [0.15, 0.2) is 47.3 Å². The first-order chi connectivity index (χ1) is 14.0. The first kappa shape index (κ1) is 19.2. The van der Waals surface area contributed by atoms with Crippen molar-refractivity contribution in [1.29, 1.82) is 0 Å². The highest BCUT2D eigenvalue weighted by atomic mass is 16.2. The zero-order valence-corrected chi connectivity index (χ0v) is 16.9. The summed E-state index contributed by atoms with van der Waals surface area (Å²) in [4.78, 5) is 29.9. The molecule has 1 aliphatic carbocycles. The summed E-state index contributed by atoms with van der Waals surface area (Å²) in [5.41, 5.74) is 2.97. The molecule has 0 bridgehead atoms. The quantitative estimate of drug-likeness (QED) is 0.693. The van der Waals surface area contributed by atoms with Gasteiger partial charge in [0.15, 0.2) is 0 Å². The minimum absolute atomic E-state index is 0.0942. The molecule has 1 heterocycles. The molecule has 29 heavy (non-hydrogen) atoms. The molecule has 0 spiro atoms. The van der Waals surface area contributed by atoms with E-state index in [1.165, 1.54) is 19.3 Å². The molecule has 1 aromatic heterocycles. The van der Waals surface area contributed by atoms with Crippen LogP contribution in [0.2, 0.25) is 0 Å². The maximum absolute atomic E-state index is 13.0. The molecule has 0 unspecified atom stereocenters. The lowest BCUT2D eigenvalue weighted by atomic mass is 9.96. The number of para-hydroxylation sites is 1. The molecule has 0 atom stereocenters. The van der Waals surface area contributed by atoms with Gasteiger partial charge in [0.2, 0.25) is 0 Å². The summed E-state index contributed by atoms with van der Waals surface area (Å²) in [5, 5.41) is 6.59. The molecule has 2 N–H and O–H groups in total. The van der Waals surface area contributed by atoms with E-state index >= 15 is 0 Å². The van der Waals surface area contributed by atoms with Crippen LogP contribution in [0.5, 0.6) is 0 Å². The zero-order valence-electron chi connectivity index (χ0n) is 16.9. The Morgan fingerprint density at radius 3 is 2.59 bits per heavy atom. The van der Waals surface area contributed by atoms with Crippen molar-refractivity contribution in [2.24, 2.45) is 0 Å². The van der Waals surface area contributed by atoms with Crippen molar-refractivity contribution < 1.29 is 4.79 Å². The first-order valence-corrected chi connectivity index (χ1v) is 10.2. The van der Waals surface area contributed by atoms with Gasteiger partial charge in [-0.25, -0.2) is 9.78 Å². The van der Waals surface area contributed by atoms with Gasteiger partial charge in [-0.1, -0.05) is 31.4 Å². The van der Waals surface area contributed by atoms with Crippen molar-refractivity contribution in [2.75, 3.05) is 5.32 Å². The fourth-order valence-electron chi connectivity index (χ4n) is 4.07. The van der Waals surface area contributed by atoms with Gasteiger partial charge >= 0.3 is 6.03 Å². The largest absolute Gasteiger partial charge is 0.335 e. The third kappa shape index (κ3) is 4.01. The number of nitrogens with zero attached hydrogens (tertiary/aromatic N) is 2. The Kier molecular flexibility index (Phi) is 5.34. The second-order valence-electron chi connectivity index (χ2n) is 7.75. The number of hydrogen-bond acceptors (Lipinski definition) is 3. The van der Waals surface area contributed by atoms with Gasteiger partial charge in [-0.3, -0.25) is 9.36 Å². The predicted octanol–water partition coefficient (Wildman–Crippen LogP) is 4.46. The molecule has 0 aliphatic heterocycles. The molecule has 6 nitrogen and oxygen atoms in total. The van der Waals surface area contributed by atoms with Gasteiger partial charge in [-0.05, 0) is 62.6 Å². The van der Waals surface area contributed by atoms with E-state index in [2.05, 4.69) is 15.6 Å². The SMILES string of the molecule is Cc1cc(-n2c(C)nc3ccccc3c2=O)ccc1NC(=O)NC1CCCCC1. The van der Waals surface area contributed by atoms with Gasteiger partial charge in [-0.15, -0.1) is 0 Å². The van der Waals surface area contributed by atoms with Crippen molar-refractivity contribution in [2.45, 2.75) is 52.0 Å². The Hall–Kier alpha value is -3.15. The maximum Gasteiger partial charge on any atom is 0.319 e. The van der Waals surface area contributed by atoms with Gasteiger partial charge < -0.3 is 10.6 Å². The standard InChI is InChI=1S/C23H26N4O2/c1-15-14-18(27-16(2)24-21-11-7-6-10-19(21)22(27)28)12-13-20(15)26-23(29)25-17-8-4-3-5-9-17/h6-7,10-14,17H,3-5,8-9H2,1-2H3,(H2,25,26,29). The Labute approximate surface area is 170 Å². The molecular weight excluding hydrogens is 364 g/mol. The zero-order chi connectivity index (χ0) is 20.4. The van der Waals surface area contributed by atoms with Crippen LogP contribution in [0.3, 0.4) is 0 Å². The molecule has 2 aromatic carbocycles. The lowest BCUT2D eigenvalue weighted by molar-refractivity contribution is 0.244. The summed E-state index contributed by atoms with van der Waals surface area (Å²) in [6, 6.07) is 13.0. The van der Waals surface area contributed by atoms with Crippen LogP contribution in [-0.4, -0.2) is 21.6 Å². The molecule has 0 saturated heterocycles. The molecule has 2 amide bonds. The summed E-state index contributed by atoms with van der Waals surface area (Å²) in [7, 11) is 0. The number of carbonyl (C=O) groups excluding carboxylic acids is 1. The molecule has 1 aliphatic rings. The summed E-state index contributed by atoms with van der Waals surface area (Å²) >= 11 is 0. The molecular formula is C23H26N4O2. The van der Waals surface area contributed by atoms with Crippen molar-refractivity contribution >= 4 is 22.6 Å². The van der Waals surface area contributed by atoms with Crippen LogP contribution < -0.4 is 16.2 Å². The number of fused-ring (bicyclic) bond motifs is 1. The normalized spacial score (nSPS) is 14.7. The van der Waals surface area contributed by atoms with E-state index in [-0.39, 0.29) is 17.6 Å². The van der Waals surface area contributed by atoms with Crippen molar-refractivity contribution in [3.05, 3.63) is 64.2 Å². The highest BCUT2D eigenvalue weighted by Gasteiger charge is 2.16. The van der Waals surface area contributed by atoms with Crippen LogP contribution in [0, 0.1) is 13.8 Å². The first-order valence-electron chi connectivity index (χ1n) is 10.2. The van der Waals surface area contributed by atoms with Gasteiger partial charge in [-0.2, -0.15) is 0 Å². The van der Waals surface area contributed by atoms with Crippen LogP contribution in [0.1, 0.15) is 43.5 Å². The molecule has 1 saturated carbocycles. The summed E-state index contributed by atoms with van der Waals surface area (Å²) in [5.74, 6) is 0.629. The van der Waals surface area contributed by atoms with Gasteiger partial charge in [0.25, 0.3) is 5.56 Å². The maximum atomic E-state index is 13.0. The highest BCUT2D eigenvalue weighted by Crippen LogP contribution is 2.21. The minimum atomic E-state index is -0.173. The van der Waals surface area contributed by atoms with Crippen molar-refractivity contribution in [1.82, 2.24) is 14.9 Å². The van der Waals surface area contributed by atoms with E-state index in [0.29, 0.717) is 16.7 Å². The molecule has 4 rings (SSSR count). The van der Waals surface area contributed by atoms with E-state index in [0.717, 1.165) is 29.8 Å². The van der Waals surface area contributed by atoms with E-state index in [1.807, 2.05) is 50.2 Å². The molecule has 0 radical (unpaired) electrons. The number of carbonyl (C=O) groups is 1. The van der Waals surface area contributed by atoms with Gasteiger partial charge in [0.05, 0.1) is 16.6 Å². The molecule has 1 fully saturated rings. The van der Waals surface area contributed by atoms with Gasteiger partial charge in [0, 0.05) is 11.7 Å². The number of anilines is 1. The minimum Gasteiger partial charge on any atom is -0.335 e. The highest BCUT2D eigenvalue weighted by molar-refractivity contribution is 5.90. The topological polar surface area (TPSA) is 76.0 Å². The van der Waals surface area contributed by atoms with E-state index in [9.17, 15) is 9.59 Å².